The molecule has 1 saturated heterocycles. The minimum atomic E-state index is -2.04. The molecule has 1 aromatic carbocycles. The topological polar surface area (TPSA) is 491 Å². The van der Waals surface area contributed by atoms with Gasteiger partial charge in [0.05, 0.1) is 43.5 Å². The highest BCUT2D eigenvalue weighted by Crippen LogP contribution is 2.25. The summed E-state index contributed by atoms with van der Waals surface area (Å²) in [4.78, 5) is 162. The van der Waals surface area contributed by atoms with E-state index in [4.69, 9.17) is 17.2 Å². The Labute approximate surface area is 534 Å². The third-order valence-corrected chi connectivity index (χ3v) is 14.7. The molecule has 0 aromatic heterocycles. The molecule has 11 amide bonds. The largest absolute Gasteiger partial charge is 0.394 e. The Morgan fingerprint density at radius 2 is 1.12 bits per heavy atom. The second kappa shape index (κ2) is 37.7. The average Bonchev–Trinajstić information content (AvgIpc) is 0.859. The zero-order valence-electron chi connectivity index (χ0n) is 54.5. The van der Waals surface area contributed by atoms with E-state index in [1.54, 1.807) is 54.5 Å². The molecule has 516 valence electrons. The monoisotopic (exact) mass is 1290 g/mol. The van der Waals surface area contributed by atoms with Crippen LogP contribution in [0.25, 0.3) is 0 Å². The molecule has 30 nitrogen and oxygen atoms in total. The molecular weight excluding hydrogens is 1180 g/mol. The van der Waals surface area contributed by atoms with Gasteiger partial charge in [-0.15, -0.1) is 0 Å². The maximum Gasteiger partial charge on any atom is 0.245 e. The number of rotatable bonds is 20. The molecule has 91 heavy (non-hydrogen) atoms. The lowest BCUT2D eigenvalue weighted by Gasteiger charge is -2.35. The third kappa shape index (κ3) is 27.8. The summed E-state index contributed by atoms with van der Waals surface area (Å²) in [5.74, 6) is -13.7. The van der Waals surface area contributed by atoms with E-state index in [9.17, 15) is 68.4 Å². The first-order valence-electron chi connectivity index (χ1n) is 30.5. The number of hydrogen-bond donors (Lipinski definition) is 18. The van der Waals surface area contributed by atoms with Gasteiger partial charge in [-0.25, -0.2) is 0 Å². The van der Waals surface area contributed by atoms with Crippen LogP contribution in [0.2, 0.25) is 0 Å². The van der Waals surface area contributed by atoms with Crippen molar-refractivity contribution >= 4 is 70.9 Å². The van der Waals surface area contributed by atoms with Crippen LogP contribution in [0.3, 0.4) is 0 Å². The maximum atomic E-state index is 15.5. The number of hydrogen-bond acceptors (Lipinski definition) is 17. The Hall–Kier alpha value is -7.54. The van der Waals surface area contributed by atoms with E-state index in [2.05, 4.69) is 63.5 Å². The van der Waals surface area contributed by atoms with Gasteiger partial charge < -0.3 is 96.1 Å². The van der Waals surface area contributed by atoms with Gasteiger partial charge in [-0.2, -0.15) is 0 Å². The lowest BCUT2D eigenvalue weighted by atomic mass is 9.86. The van der Waals surface area contributed by atoms with Crippen molar-refractivity contribution in [3.8, 4) is 0 Å². The summed E-state index contributed by atoms with van der Waals surface area (Å²) >= 11 is 0. The zero-order valence-corrected chi connectivity index (χ0v) is 54.5. The Bertz CT molecular complexity index is 2620. The Morgan fingerprint density at radius 3 is 1.64 bits per heavy atom. The van der Waals surface area contributed by atoms with E-state index in [-0.39, 0.29) is 69.9 Å². The number of nitrogens with two attached hydrogens (primary N) is 3. The van der Waals surface area contributed by atoms with Crippen molar-refractivity contribution in [1.29, 1.82) is 0 Å². The van der Waals surface area contributed by atoms with Crippen LogP contribution in [0, 0.1) is 28.6 Å². The number of aliphatic hydroxyl groups is 4. The van der Waals surface area contributed by atoms with Gasteiger partial charge in [-0.3, -0.25) is 57.7 Å². The average molecular weight is 1290 g/mol. The number of aliphatic imine (C=N–C) groups is 1. The highest BCUT2D eigenvalue weighted by molar-refractivity contribution is 6.00. The van der Waals surface area contributed by atoms with Crippen LogP contribution in [0.4, 0.5) is 0 Å². The van der Waals surface area contributed by atoms with Crippen molar-refractivity contribution in [1.82, 2.24) is 58.5 Å². The molecule has 1 fully saturated rings. The second-order valence-electron chi connectivity index (χ2n) is 26.3. The molecule has 15 atom stereocenters. The summed E-state index contributed by atoms with van der Waals surface area (Å²) in [7, 11) is 0. The molecular formula is C61H107N15O15. The lowest BCUT2D eigenvalue weighted by molar-refractivity contribution is -0.139. The van der Waals surface area contributed by atoms with E-state index < -0.39 is 186 Å². The van der Waals surface area contributed by atoms with Gasteiger partial charge in [-0.1, -0.05) is 127 Å². The third-order valence-electron chi connectivity index (χ3n) is 14.7. The van der Waals surface area contributed by atoms with Gasteiger partial charge >= 0.3 is 0 Å². The van der Waals surface area contributed by atoms with Gasteiger partial charge in [0.2, 0.25) is 65.0 Å². The summed E-state index contributed by atoms with van der Waals surface area (Å²) in [5.41, 5.74) is 16.5. The zero-order chi connectivity index (χ0) is 68.7. The molecule has 21 N–H and O–H groups in total. The van der Waals surface area contributed by atoms with Crippen LogP contribution in [-0.2, 0) is 52.7 Å². The molecule has 0 radical (unpaired) electrons. The van der Waals surface area contributed by atoms with E-state index >= 15 is 4.79 Å². The smallest absolute Gasteiger partial charge is 0.245 e. The number of carbonyl (C=O) groups is 11. The highest BCUT2D eigenvalue weighted by atomic mass is 16.3. The number of carbonyl (C=O) groups excluding carboxylic acids is 11. The van der Waals surface area contributed by atoms with Crippen molar-refractivity contribution < 1.29 is 73.2 Å². The molecule has 0 saturated carbocycles. The van der Waals surface area contributed by atoms with Crippen LogP contribution in [-0.4, -0.2) is 190 Å². The van der Waals surface area contributed by atoms with Crippen molar-refractivity contribution in [3.05, 3.63) is 35.9 Å². The summed E-state index contributed by atoms with van der Waals surface area (Å²) < 4.78 is 0. The van der Waals surface area contributed by atoms with Crippen molar-refractivity contribution in [2.24, 2.45) is 50.8 Å². The lowest BCUT2D eigenvalue weighted by Crippen LogP contribution is -2.65. The predicted molar refractivity (Wildman–Crippen MR) is 341 cm³/mol. The summed E-state index contributed by atoms with van der Waals surface area (Å²) in [6.45, 7) is 20.9. The standard InChI is InChI=1S/C60H103N15O15.CH4/c1-15-31(6)41-54(87)72-42(32(7)77)53(86)65-27-40(79)70-43(33(8)78)55(88)69-39(28-76)52(85)73-44(34-20-17-16-18-21-34)45(74-51(84)38(26-60(12,13)14)68-48(81)35(61)25-59(9,10)11)56(89)75-46(47(80)30(4)5)57(90)67-37(24-29(2)3)50(83)66-36(49(82)71-41)22-19-23-64-58(62)63;/h16-18,20-21,29-33,35-39,41-47,76-78,80H,15,19,22-28,61H2,1-14H3,(H,65,86)(H,66,83)(H,67,90)(H,68,81)(H,69,88)(H,70,79)(H,71,82)(H,72,87)(H,73,85)(H,74,84)(H,75,89)(H4,62,63,64);1H4/t31-,32-,33+,35+,36+,37-,38-,39-,41-,42-,43?,44+,45-,46-,47+;/m0./s1. The van der Waals surface area contributed by atoms with E-state index in [0.29, 0.717) is 0 Å². The predicted octanol–water partition coefficient (Wildman–Crippen LogP) is -2.91. The number of benzene rings is 1. The first kappa shape index (κ1) is 81.5. The van der Waals surface area contributed by atoms with Gasteiger partial charge in [0.25, 0.3) is 0 Å². The molecule has 1 heterocycles. The number of aliphatic hydroxyl groups excluding tert-OH is 4. The molecule has 1 aliphatic heterocycles. The van der Waals surface area contributed by atoms with Crippen molar-refractivity contribution in [2.45, 2.75) is 228 Å². The summed E-state index contributed by atoms with van der Waals surface area (Å²) in [6.07, 6.45) is -4.89. The Morgan fingerprint density at radius 1 is 0.626 bits per heavy atom. The fourth-order valence-corrected chi connectivity index (χ4v) is 9.59. The summed E-state index contributed by atoms with van der Waals surface area (Å²) in [5, 5.41) is 71.8. The number of amides is 11. The number of nitrogens with zero attached hydrogens (tertiary/aromatic N) is 1. The van der Waals surface area contributed by atoms with Crippen LogP contribution in [0.15, 0.2) is 35.3 Å². The van der Waals surface area contributed by atoms with Crippen LogP contribution >= 0.6 is 0 Å². The van der Waals surface area contributed by atoms with Crippen LogP contribution in [0.1, 0.15) is 154 Å². The van der Waals surface area contributed by atoms with Gasteiger partial charge in [0.15, 0.2) is 5.96 Å². The quantitative estimate of drug-likeness (QED) is 0.0353. The molecule has 0 spiro atoms. The fourth-order valence-electron chi connectivity index (χ4n) is 9.59. The Balaban J connectivity index is 0.0000414. The first-order chi connectivity index (χ1) is 41.7. The molecule has 1 unspecified atom stereocenters. The highest BCUT2D eigenvalue weighted by Gasteiger charge is 2.43. The molecule has 30 heteroatoms. The minimum Gasteiger partial charge on any atom is -0.394 e. The van der Waals surface area contributed by atoms with Crippen molar-refractivity contribution in [2.75, 3.05) is 19.7 Å². The molecule has 2 rings (SSSR count). The summed E-state index contributed by atoms with van der Waals surface area (Å²) in [6, 6.07) is -10.8. The SMILES string of the molecule is C.CC[C@H](C)[C@@H]1NC(=O)[C@@H](CCCN=C(N)N)NC(=O)[C@H](CC(C)C)NC(=O)[C@H]([C@H](O)C(C)C)NC(=O)[C@@H](NC(=O)[C@H](CC(C)(C)C)NC(=O)[C@H](N)CC(C)(C)C)[C@@H](c2ccccc2)NC(=O)[C@H](CO)NC(=O)C([C@@H](C)O)NC(=O)CNC(=O)[C@H]([C@H](C)O)NC1=O. The second-order valence-corrected chi connectivity index (χ2v) is 26.3. The first-order valence-corrected chi connectivity index (χ1v) is 30.5. The number of guanidine groups is 1. The normalized spacial score (nSPS) is 24.8. The molecule has 1 aliphatic rings. The molecule has 1 aromatic rings. The van der Waals surface area contributed by atoms with Crippen LogP contribution < -0.4 is 75.7 Å². The van der Waals surface area contributed by atoms with Gasteiger partial charge in [-0.05, 0) is 80.1 Å². The minimum absolute atomic E-state index is 0. The van der Waals surface area contributed by atoms with E-state index in [1.807, 2.05) is 20.8 Å². The molecule has 0 bridgehead atoms. The van der Waals surface area contributed by atoms with Gasteiger partial charge in [0, 0.05) is 6.54 Å². The van der Waals surface area contributed by atoms with Gasteiger partial charge in [0.1, 0.15) is 54.4 Å². The van der Waals surface area contributed by atoms with Crippen molar-refractivity contribution in [3.63, 3.8) is 0 Å². The van der Waals surface area contributed by atoms with Crippen LogP contribution in [0.5, 0.6) is 0 Å². The Kier molecular flexibility index (Phi) is 33.8. The fraction of sp³-hybridized carbons (Fsp3) is 0.705. The molecule has 0 aliphatic carbocycles. The van der Waals surface area contributed by atoms with E-state index in [0.717, 1.165) is 13.8 Å². The maximum absolute atomic E-state index is 15.5. The number of nitrogens with one attached hydrogen (secondary N) is 11. The van der Waals surface area contributed by atoms with E-state index in [1.165, 1.54) is 38.1 Å².